The molecule has 2 rings (SSSR count). The van der Waals surface area contributed by atoms with Gasteiger partial charge in [0.25, 0.3) is 0 Å². The summed E-state index contributed by atoms with van der Waals surface area (Å²) < 4.78 is 11.1. The zero-order valence-corrected chi connectivity index (χ0v) is 11.3. The van der Waals surface area contributed by atoms with Gasteiger partial charge in [-0.15, -0.1) is 0 Å². The minimum absolute atomic E-state index is 0.319. The first-order valence-corrected chi connectivity index (χ1v) is 7.02. The zero-order valence-electron chi connectivity index (χ0n) is 11.3. The first-order chi connectivity index (χ1) is 9.34. The first kappa shape index (κ1) is 14.3. The van der Waals surface area contributed by atoms with Crippen LogP contribution in [0, 0.1) is 0 Å². The Kier molecular flexibility index (Phi) is 6.14. The van der Waals surface area contributed by atoms with Crippen molar-refractivity contribution in [3.05, 3.63) is 29.8 Å². The number of phenolic OH excluding ortho intramolecular Hbond substituents is 1. The van der Waals surface area contributed by atoms with E-state index in [-0.39, 0.29) is 0 Å². The van der Waals surface area contributed by atoms with E-state index in [1.807, 2.05) is 12.1 Å². The molecule has 1 aromatic carbocycles. The molecule has 1 saturated heterocycles. The first-order valence-electron chi connectivity index (χ1n) is 7.02. The minimum atomic E-state index is 0.319. The van der Waals surface area contributed by atoms with Crippen molar-refractivity contribution < 1.29 is 14.6 Å². The molecule has 2 N–H and O–H groups in total. The van der Waals surface area contributed by atoms with Gasteiger partial charge in [-0.25, -0.2) is 0 Å². The summed E-state index contributed by atoms with van der Waals surface area (Å²) in [6, 6.07) is 7.32. The number of hydrogen-bond acceptors (Lipinski definition) is 4. The molecular weight excluding hydrogens is 242 g/mol. The molecule has 1 aliphatic heterocycles. The zero-order chi connectivity index (χ0) is 13.3. The van der Waals surface area contributed by atoms with Gasteiger partial charge < -0.3 is 19.9 Å². The molecule has 0 bridgehead atoms. The van der Waals surface area contributed by atoms with Crippen LogP contribution in [0.3, 0.4) is 0 Å². The third-order valence-electron chi connectivity index (χ3n) is 3.21. The summed E-state index contributed by atoms with van der Waals surface area (Å²) in [5.41, 5.74) is 1.10. The smallest absolute Gasteiger partial charge is 0.115 e. The van der Waals surface area contributed by atoms with Crippen molar-refractivity contribution in [2.75, 3.05) is 26.4 Å². The lowest BCUT2D eigenvalue weighted by atomic mass is 10.2. The van der Waals surface area contributed by atoms with E-state index in [4.69, 9.17) is 9.47 Å². The van der Waals surface area contributed by atoms with Crippen LogP contribution in [0.1, 0.15) is 24.8 Å². The van der Waals surface area contributed by atoms with Crippen molar-refractivity contribution in [2.24, 2.45) is 0 Å². The predicted molar refractivity (Wildman–Crippen MR) is 74.2 cm³/mol. The molecule has 1 fully saturated rings. The third kappa shape index (κ3) is 5.59. The highest BCUT2D eigenvalue weighted by Crippen LogP contribution is 2.12. The highest BCUT2D eigenvalue weighted by Gasteiger charge is 2.14. The topological polar surface area (TPSA) is 50.7 Å². The van der Waals surface area contributed by atoms with Crippen molar-refractivity contribution >= 4 is 0 Å². The van der Waals surface area contributed by atoms with E-state index >= 15 is 0 Å². The Morgan fingerprint density at radius 3 is 3.16 bits per heavy atom. The van der Waals surface area contributed by atoms with Crippen LogP contribution in [0.15, 0.2) is 24.3 Å². The number of nitrogens with one attached hydrogen (secondary N) is 1. The third-order valence-corrected chi connectivity index (χ3v) is 3.21. The molecule has 4 heteroatoms. The molecule has 0 saturated carbocycles. The second-order valence-corrected chi connectivity index (χ2v) is 4.91. The normalized spacial score (nSPS) is 18.8. The van der Waals surface area contributed by atoms with Gasteiger partial charge >= 0.3 is 0 Å². The van der Waals surface area contributed by atoms with Gasteiger partial charge in [-0.2, -0.15) is 0 Å². The maximum absolute atomic E-state index is 9.33. The van der Waals surface area contributed by atoms with Gasteiger partial charge in [0.2, 0.25) is 0 Å². The van der Waals surface area contributed by atoms with Gasteiger partial charge in [-0.05, 0) is 43.5 Å². The van der Waals surface area contributed by atoms with Crippen molar-refractivity contribution in [3.63, 3.8) is 0 Å². The molecule has 0 spiro atoms. The van der Waals surface area contributed by atoms with Gasteiger partial charge in [0, 0.05) is 19.8 Å². The molecule has 106 valence electrons. The van der Waals surface area contributed by atoms with Crippen LogP contribution in [0.5, 0.6) is 5.75 Å². The molecule has 1 unspecified atom stereocenters. The maximum Gasteiger partial charge on any atom is 0.115 e. The van der Waals surface area contributed by atoms with Crippen LogP contribution < -0.4 is 5.32 Å². The Balaban J connectivity index is 1.46. The van der Waals surface area contributed by atoms with Crippen molar-refractivity contribution in [1.29, 1.82) is 0 Å². The summed E-state index contributed by atoms with van der Waals surface area (Å²) in [7, 11) is 0. The number of phenols is 1. The van der Waals surface area contributed by atoms with Crippen molar-refractivity contribution in [2.45, 2.75) is 31.9 Å². The Hall–Kier alpha value is -1.10. The second-order valence-electron chi connectivity index (χ2n) is 4.91. The predicted octanol–water partition coefficient (Wildman–Crippen LogP) is 2.07. The van der Waals surface area contributed by atoms with Crippen LogP contribution in [-0.4, -0.2) is 37.6 Å². The molecule has 1 atom stereocenters. The fourth-order valence-electron chi connectivity index (χ4n) is 2.19. The minimum Gasteiger partial charge on any atom is -0.508 e. The highest BCUT2D eigenvalue weighted by molar-refractivity contribution is 5.26. The van der Waals surface area contributed by atoms with Crippen LogP contribution in [0.4, 0.5) is 0 Å². The fraction of sp³-hybridized carbons (Fsp3) is 0.600. The van der Waals surface area contributed by atoms with Crippen LogP contribution >= 0.6 is 0 Å². The Labute approximate surface area is 114 Å². The lowest BCUT2D eigenvalue weighted by Gasteiger charge is -2.10. The monoisotopic (exact) mass is 265 g/mol. The summed E-state index contributed by atoms with van der Waals surface area (Å²) in [5, 5.41) is 12.7. The van der Waals surface area contributed by atoms with E-state index in [1.165, 1.54) is 6.42 Å². The molecular formula is C15H23NO3. The van der Waals surface area contributed by atoms with Gasteiger partial charge in [-0.1, -0.05) is 12.1 Å². The summed E-state index contributed by atoms with van der Waals surface area (Å²) in [6.07, 6.45) is 3.61. The molecule has 4 nitrogen and oxygen atoms in total. The largest absolute Gasteiger partial charge is 0.508 e. The average Bonchev–Trinajstić information content (AvgIpc) is 2.91. The van der Waals surface area contributed by atoms with Crippen molar-refractivity contribution in [1.82, 2.24) is 5.32 Å². The van der Waals surface area contributed by atoms with E-state index in [2.05, 4.69) is 5.32 Å². The van der Waals surface area contributed by atoms with Crippen LogP contribution in [-0.2, 0) is 16.0 Å². The number of rotatable bonds is 8. The highest BCUT2D eigenvalue weighted by atomic mass is 16.5. The molecule has 0 amide bonds. The Bertz CT molecular complexity index is 364. The van der Waals surface area contributed by atoms with Crippen LogP contribution in [0.25, 0.3) is 0 Å². The average molecular weight is 265 g/mol. The second kappa shape index (κ2) is 8.15. The molecule has 0 aromatic heterocycles. The Morgan fingerprint density at radius 2 is 2.37 bits per heavy atom. The molecule has 1 aliphatic rings. The molecule has 0 aliphatic carbocycles. The quantitative estimate of drug-likeness (QED) is 0.707. The van der Waals surface area contributed by atoms with Gasteiger partial charge in [0.05, 0.1) is 12.7 Å². The lowest BCUT2D eigenvalue weighted by molar-refractivity contribution is 0.0166. The SMILES string of the molecule is Oc1cccc(CNCCCOCC2CCCO2)c1. The molecule has 1 aromatic rings. The maximum atomic E-state index is 9.33. The van der Waals surface area contributed by atoms with Crippen molar-refractivity contribution in [3.8, 4) is 5.75 Å². The lowest BCUT2D eigenvalue weighted by Crippen LogP contribution is -2.18. The van der Waals surface area contributed by atoms with Gasteiger partial charge in [0.1, 0.15) is 5.75 Å². The van der Waals surface area contributed by atoms with E-state index in [1.54, 1.807) is 12.1 Å². The van der Waals surface area contributed by atoms with E-state index in [0.29, 0.717) is 11.9 Å². The summed E-state index contributed by atoms with van der Waals surface area (Å²) in [6.45, 7) is 4.08. The standard InChI is InChI=1S/C15H23NO3/c17-14-5-1-4-13(10-14)11-16-7-3-8-18-12-15-6-2-9-19-15/h1,4-5,10,15-17H,2-3,6-9,11-12H2. The Morgan fingerprint density at radius 1 is 1.42 bits per heavy atom. The number of benzene rings is 1. The van der Waals surface area contributed by atoms with Crippen LogP contribution in [0.2, 0.25) is 0 Å². The number of aromatic hydroxyl groups is 1. The van der Waals surface area contributed by atoms with E-state index in [9.17, 15) is 5.11 Å². The molecule has 1 heterocycles. The number of hydrogen-bond donors (Lipinski definition) is 2. The summed E-state index contributed by atoms with van der Waals surface area (Å²) in [4.78, 5) is 0. The fourth-order valence-corrected chi connectivity index (χ4v) is 2.19. The summed E-state index contributed by atoms with van der Waals surface area (Å²) >= 11 is 0. The van der Waals surface area contributed by atoms with Gasteiger partial charge in [-0.3, -0.25) is 0 Å². The molecule has 0 radical (unpaired) electrons. The van der Waals surface area contributed by atoms with E-state index < -0.39 is 0 Å². The number of ether oxygens (including phenoxy) is 2. The summed E-state index contributed by atoms with van der Waals surface area (Å²) in [5.74, 6) is 0.319. The van der Waals surface area contributed by atoms with Gasteiger partial charge in [0.15, 0.2) is 0 Å². The van der Waals surface area contributed by atoms with E-state index in [0.717, 1.165) is 51.3 Å². The molecule has 19 heavy (non-hydrogen) atoms.